The predicted octanol–water partition coefficient (Wildman–Crippen LogP) is 5.99. The molecule has 3 aromatic rings. The van der Waals surface area contributed by atoms with Gasteiger partial charge in [0, 0.05) is 18.8 Å². The zero-order valence-electron chi connectivity index (χ0n) is 19.4. The van der Waals surface area contributed by atoms with Crippen LogP contribution in [0.4, 0.5) is 0 Å². The summed E-state index contributed by atoms with van der Waals surface area (Å²) in [6, 6.07) is 32.5. The molecule has 0 N–H and O–H groups in total. The van der Waals surface area contributed by atoms with Crippen molar-refractivity contribution in [2.75, 3.05) is 32.0 Å². The van der Waals surface area contributed by atoms with E-state index in [0.717, 1.165) is 38.2 Å². The normalized spacial score (nSPS) is 16.9. The van der Waals surface area contributed by atoms with Gasteiger partial charge in [-0.05, 0) is 43.0 Å². The van der Waals surface area contributed by atoms with Gasteiger partial charge < -0.3 is 9.64 Å². The topological polar surface area (TPSA) is 29.5 Å². The third-order valence-corrected chi connectivity index (χ3v) is 7.92. The highest BCUT2D eigenvalue weighted by atomic mass is 32.2. The average Bonchev–Trinajstić information content (AvgIpc) is 2.89. The number of esters is 1. The van der Waals surface area contributed by atoms with E-state index in [1.165, 1.54) is 16.7 Å². The third-order valence-electron chi connectivity index (χ3n) is 6.39. The summed E-state index contributed by atoms with van der Waals surface area (Å²) in [5.41, 5.74) is 3.86. The third kappa shape index (κ3) is 5.51. The number of hydrogen-bond donors (Lipinski definition) is 0. The predicted molar refractivity (Wildman–Crippen MR) is 137 cm³/mol. The van der Waals surface area contributed by atoms with Crippen molar-refractivity contribution in [2.24, 2.45) is 5.92 Å². The molecule has 172 valence electrons. The van der Waals surface area contributed by atoms with Crippen molar-refractivity contribution in [1.29, 1.82) is 0 Å². The van der Waals surface area contributed by atoms with Gasteiger partial charge in [0.25, 0.3) is 0 Å². The summed E-state index contributed by atoms with van der Waals surface area (Å²) in [6.45, 7) is 5.14. The largest absolute Gasteiger partial charge is 0.466 e. The van der Waals surface area contributed by atoms with E-state index < -0.39 is 0 Å². The SMILES string of the molecule is CCOC(=O)C1CCCN(CCSC(c2ccccc2)(c2ccccc2)c2ccccc2)C1. The number of thioether (sulfide) groups is 1. The summed E-state index contributed by atoms with van der Waals surface area (Å²) in [5.74, 6) is 0.932. The standard InChI is InChI=1S/C29H33NO2S/c1-2-32-28(31)24-13-12-20-30(23-24)21-22-33-29(25-14-6-3-7-15-25,26-16-8-4-9-17-26)27-18-10-5-11-19-27/h3-11,14-19,24H,2,12-13,20-23H2,1H3. The summed E-state index contributed by atoms with van der Waals surface area (Å²) in [5, 5.41) is 0. The van der Waals surface area contributed by atoms with E-state index in [9.17, 15) is 4.79 Å². The number of likely N-dealkylation sites (tertiary alicyclic amines) is 1. The summed E-state index contributed by atoms with van der Waals surface area (Å²) < 4.78 is 5.00. The van der Waals surface area contributed by atoms with Crippen molar-refractivity contribution in [2.45, 2.75) is 24.5 Å². The second-order valence-electron chi connectivity index (χ2n) is 8.52. The lowest BCUT2D eigenvalue weighted by Gasteiger charge is -2.37. The molecule has 0 radical (unpaired) electrons. The van der Waals surface area contributed by atoms with Crippen molar-refractivity contribution >= 4 is 17.7 Å². The van der Waals surface area contributed by atoms with E-state index in [2.05, 4.69) is 95.9 Å². The fourth-order valence-electron chi connectivity index (χ4n) is 4.81. The van der Waals surface area contributed by atoms with Crippen LogP contribution in [0.15, 0.2) is 91.0 Å². The van der Waals surface area contributed by atoms with E-state index in [4.69, 9.17) is 4.74 Å². The zero-order valence-corrected chi connectivity index (χ0v) is 20.2. The minimum Gasteiger partial charge on any atom is -0.466 e. The molecule has 0 saturated carbocycles. The van der Waals surface area contributed by atoms with Gasteiger partial charge in [0.15, 0.2) is 0 Å². The Balaban J connectivity index is 1.59. The van der Waals surface area contributed by atoms with Gasteiger partial charge in [0.05, 0.1) is 17.3 Å². The Kier molecular flexibility index (Phi) is 8.25. The molecule has 1 aliphatic rings. The van der Waals surface area contributed by atoms with Gasteiger partial charge in [0.1, 0.15) is 0 Å². The number of rotatable bonds is 9. The number of nitrogens with zero attached hydrogens (tertiary/aromatic N) is 1. The molecule has 1 atom stereocenters. The first-order valence-electron chi connectivity index (χ1n) is 11.9. The van der Waals surface area contributed by atoms with Gasteiger partial charge in [-0.15, -0.1) is 11.8 Å². The van der Waals surface area contributed by atoms with Gasteiger partial charge >= 0.3 is 5.97 Å². The highest BCUT2D eigenvalue weighted by Crippen LogP contribution is 2.48. The molecule has 3 aromatic carbocycles. The highest BCUT2D eigenvalue weighted by Gasteiger charge is 2.37. The molecule has 0 bridgehead atoms. The quantitative estimate of drug-likeness (QED) is 0.290. The summed E-state index contributed by atoms with van der Waals surface area (Å²) in [4.78, 5) is 14.7. The van der Waals surface area contributed by atoms with Crippen molar-refractivity contribution in [3.63, 3.8) is 0 Å². The Hall–Kier alpha value is -2.56. The molecule has 0 amide bonds. The van der Waals surface area contributed by atoms with Crippen LogP contribution in [0.1, 0.15) is 36.5 Å². The van der Waals surface area contributed by atoms with Crippen molar-refractivity contribution in [3.8, 4) is 0 Å². The molecule has 4 heteroatoms. The van der Waals surface area contributed by atoms with Gasteiger partial charge in [-0.1, -0.05) is 91.0 Å². The van der Waals surface area contributed by atoms with Crippen LogP contribution in [-0.4, -0.2) is 42.9 Å². The van der Waals surface area contributed by atoms with Crippen LogP contribution in [0.5, 0.6) is 0 Å². The first-order valence-corrected chi connectivity index (χ1v) is 12.9. The number of benzene rings is 3. The maximum absolute atomic E-state index is 12.3. The first kappa shape index (κ1) is 23.6. The zero-order chi connectivity index (χ0) is 22.9. The Morgan fingerprint density at radius 3 is 1.91 bits per heavy atom. The molecule has 1 fully saturated rings. The van der Waals surface area contributed by atoms with Crippen molar-refractivity contribution in [3.05, 3.63) is 108 Å². The minimum absolute atomic E-state index is 0.00540. The second kappa shape index (κ2) is 11.5. The Morgan fingerprint density at radius 2 is 1.42 bits per heavy atom. The molecule has 3 nitrogen and oxygen atoms in total. The highest BCUT2D eigenvalue weighted by molar-refractivity contribution is 8.00. The maximum Gasteiger partial charge on any atom is 0.310 e. The smallest absolute Gasteiger partial charge is 0.310 e. The number of ether oxygens (including phenoxy) is 1. The molecule has 4 rings (SSSR count). The number of hydrogen-bond acceptors (Lipinski definition) is 4. The molecule has 33 heavy (non-hydrogen) atoms. The fourth-order valence-corrected chi connectivity index (χ4v) is 6.37. The lowest BCUT2D eigenvalue weighted by atomic mass is 9.84. The average molecular weight is 460 g/mol. The van der Waals surface area contributed by atoms with Gasteiger partial charge in [-0.3, -0.25) is 4.79 Å². The molecular weight excluding hydrogens is 426 g/mol. The minimum atomic E-state index is -0.292. The van der Waals surface area contributed by atoms with E-state index in [-0.39, 0.29) is 16.6 Å². The molecule has 0 aliphatic carbocycles. The lowest BCUT2D eigenvalue weighted by molar-refractivity contribution is -0.149. The Bertz CT molecular complexity index is 897. The molecule has 1 aliphatic heterocycles. The van der Waals surface area contributed by atoms with E-state index in [1.807, 2.05) is 18.7 Å². The van der Waals surface area contributed by atoms with Crippen molar-refractivity contribution < 1.29 is 9.53 Å². The monoisotopic (exact) mass is 459 g/mol. The maximum atomic E-state index is 12.3. The van der Waals surface area contributed by atoms with Crippen molar-refractivity contribution in [1.82, 2.24) is 4.90 Å². The van der Waals surface area contributed by atoms with E-state index in [0.29, 0.717) is 6.61 Å². The fraction of sp³-hybridized carbons (Fsp3) is 0.345. The second-order valence-corrected chi connectivity index (χ2v) is 9.83. The molecule has 0 aromatic heterocycles. The molecule has 1 heterocycles. The van der Waals surface area contributed by atoms with Gasteiger partial charge in [-0.25, -0.2) is 0 Å². The Labute approximate surface area is 202 Å². The van der Waals surface area contributed by atoms with Crippen LogP contribution in [0.2, 0.25) is 0 Å². The van der Waals surface area contributed by atoms with Gasteiger partial charge in [0.2, 0.25) is 0 Å². The van der Waals surface area contributed by atoms with Crippen LogP contribution in [0, 0.1) is 5.92 Å². The molecular formula is C29H33NO2S. The number of piperidine rings is 1. The number of carbonyl (C=O) groups is 1. The van der Waals surface area contributed by atoms with Crippen LogP contribution >= 0.6 is 11.8 Å². The van der Waals surface area contributed by atoms with E-state index >= 15 is 0 Å². The molecule has 1 saturated heterocycles. The summed E-state index contributed by atoms with van der Waals surface area (Å²) in [6.07, 6.45) is 1.99. The summed E-state index contributed by atoms with van der Waals surface area (Å²) >= 11 is 1.98. The summed E-state index contributed by atoms with van der Waals surface area (Å²) in [7, 11) is 0. The molecule has 0 spiro atoms. The van der Waals surface area contributed by atoms with Gasteiger partial charge in [-0.2, -0.15) is 0 Å². The van der Waals surface area contributed by atoms with Crippen LogP contribution in [0.25, 0.3) is 0 Å². The molecule has 1 unspecified atom stereocenters. The lowest BCUT2D eigenvalue weighted by Crippen LogP contribution is -2.40. The van der Waals surface area contributed by atoms with Crippen LogP contribution < -0.4 is 0 Å². The van der Waals surface area contributed by atoms with E-state index in [1.54, 1.807) is 0 Å². The van der Waals surface area contributed by atoms with Crippen LogP contribution in [0.3, 0.4) is 0 Å². The Morgan fingerprint density at radius 1 is 0.909 bits per heavy atom. The van der Waals surface area contributed by atoms with Crippen LogP contribution in [-0.2, 0) is 14.3 Å². The number of carbonyl (C=O) groups excluding carboxylic acids is 1. The first-order chi connectivity index (χ1) is 16.2.